The highest BCUT2D eigenvalue weighted by Crippen LogP contribution is 2.25. The summed E-state index contributed by atoms with van der Waals surface area (Å²) in [5, 5.41) is 2.89. The number of hydrogen-bond donors (Lipinski definition) is 1. The van der Waals surface area contributed by atoms with Gasteiger partial charge in [-0.15, -0.1) is 0 Å². The molecule has 27 heavy (non-hydrogen) atoms. The molecule has 6 nitrogen and oxygen atoms in total. The number of nitrogens with zero attached hydrogens (tertiary/aromatic N) is 2. The van der Waals surface area contributed by atoms with E-state index in [9.17, 15) is 4.79 Å². The maximum atomic E-state index is 12.1. The molecule has 0 atom stereocenters. The van der Waals surface area contributed by atoms with E-state index in [0.717, 1.165) is 29.8 Å². The van der Waals surface area contributed by atoms with Gasteiger partial charge in [-0.1, -0.05) is 31.2 Å². The Morgan fingerprint density at radius 3 is 2.63 bits per heavy atom. The van der Waals surface area contributed by atoms with Gasteiger partial charge in [-0.05, 0) is 30.7 Å². The summed E-state index contributed by atoms with van der Waals surface area (Å²) >= 11 is 0. The van der Waals surface area contributed by atoms with Crippen molar-refractivity contribution < 1.29 is 14.3 Å². The van der Waals surface area contributed by atoms with Crippen LogP contribution in [0.5, 0.6) is 11.5 Å². The van der Waals surface area contributed by atoms with Gasteiger partial charge >= 0.3 is 0 Å². The van der Waals surface area contributed by atoms with Crippen LogP contribution in [0.25, 0.3) is 11.0 Å². The van der Waals surface area contributed by atoms with Gasteiger partial charge in [0.15, 0.2) is 18.1 Å². The first kappa shape index (κ1) is 18.8. The molecule has 0 saturated carbocycles. The summed E-state index contributed by atoms with van der Waals surface area (Å²) in [5.41, 5.74) is 2.13. The standard InChI is InChI=1S/C21H25N3O3/c1-3-14-24-17-9-5-4-8-16(17)23-20(24)12-13-22-21(25)15-27-19-11-7-6-10-18(19)26-2/h4-11H,3,12-15H2,1-2H3,(H,22,25). The van der Waals surface area contributed by atoms with E-state index in [4.69, 9.17) is 14.5 Å². The number of aryl methyl sites for hydroxylation is 1. The van der Waals surface area contributed by atoms with E-state index in [-0.39, 0.29) is 12.5 Å². The fourth-order valence-corrected chi connectivity index (χ4v) is 3.04. The molecule has 6 heteroatoms. The molecule has 0 aliphatic carbocycles. The van der Waals surface area contributed by atoms with Crippen LogP contribution in [0.4, 0.5) is 0 Å². The maximum absolute atomic E-state index is 12.1. The summed E-state index contributed by atoms with van der Waals surface area (Å²) < 4.78 is 13.0. The highest BCUT2D eigenvalue weighted by Gasteiger charge is 2.11. The molecule has 0 radical (unpaired) electrons. The average Bonchev–Trinajstić information content (AvgIpc) is 3.04. The van der Waals surface area contributed by atoms with Gasteiger partial charge in [0.2, 0.25) is 0 Å². The number of carbonyl (C=O) groups excluding carboxylic acids is 1. The largest absolute Gasteiger partial charge is 0.493 e. The topological polar surface area (TPSA) is 65.4 Å². The zero-order chi connectivity index (χ0) is 19.1. The second kappa shape index (κ2) is 9.07. The van der Waals surface area contributed by atoms with Crippen LogP contribution in [0.1, 0.15) is 19.2 Å². The van der Waals surface area contributed by atoms with Crippen LogP contribution in [0.2, 0.25) is 0 Å². The minimum Gasteiger partial charge on any atom is -0.493 e. The van der Waals surface area contributed by atoms with Crippen molar-refractivity contribution in [3.8, 4) is 11.5 Å². The van der Waals surface area contributed by atoms with Crippen molar-refractivity contribution in [2.24, 2.45) is 0 Å². The Morgan fingerprint density at radius 1 is 1.11 bits per heavy atom. The lowest BCUT2D eigenvalue weighted by Crippen LogP contribution is -2.31. The number of para-hydroxylation sites is 4. The van der Waals surface area contributed by atoms with E-state index in [0.29, 0.717) is 24.5 Å². The first-order valence-electron chi connectivity index (χ1n) is 9.19. The van der Waals surface area contributed by atoms with Crippen LogP contribution in [-0.2, 0) is 17.8 Å². The van der Waals surface area contributed by atoms with Crippen LogP contribution < -0.4 is 14.8 Å². The number of hydrogen-bond acceptors (Lipinski definition) is 4. The van der Waals surface area contributed by atoms with Crippen molar-refractivity contribution in [3.05, 3.63) is 54.4 Å². The first-order chi connectivity index (χ1) is 13.2. The highest BCUT2D eigenvalue weighted by atomic mass is 16.5. The maximum Gasteiger partial charge on any atom is 0.257 e. The Hall–Kier alpha value is -3.02. The molecule has 1 amide bonds. The van der Waals surface area contributed by atoms with Crippen LogP contribution >= 0.6 is 0 Å². The molecular weight excluding hydrogens is 342 g/mol. The highest BCUT2D eigenvalue weighted by molar-refractivity contribution is 5.78. The van der Waals surface area contributed by atoms with Crippen LogP contribution in [0.15, 0.2) is 48.5 Å². The number of benzene rings is 2. The number of methoxy groups -OCH3 is 1. The lowest BCUT2D eigenvalue weighted by atomic mass is 10.3. The summed E-state index contributed by atoms with van der Waals surface area (Å²) in [6.07, 6.45) is 1.71. The van der Waals surface area contributed by atoms with E-state index in [1.807, 2.05) is 30.3 Å². The fraction of sp³-hybridized carbons (Fsp3) is 0.333. The number of imidazole rings is 1. The van der Waals surface area contributed by atoms with E-state index < -0.39 is 0 Å². The predicted octanol–water partition coefficient (Wildman–Crippen LogP) is 3.19. The first-order valence-corrected chi connectivity index (χ1v) is 9.19. The lowest BCUT2D eigenvalue weighted by molar-refractivity contribution is -0.123. The summed E-state index contributed by atoms with van der Waals surface area (Å²) in [4.78, 5) is 16.8. The number of nitrogens with one attached hydrogen (secondary N) is 1. The number of fused-ring (bicyclic) bond motifs is 1. The minimum absolute atomic E-state index is 0.0499. The average molecular weight is 367 g/mol. The molecule has 0 unspecified atom stereocenters. The monoisotopic (exact) mass is 367 g/mol. The Kier molecular flexibility index (Phi) is 6.30. The quantitative estimate of drug-likeness (QED) is 0.631. The molecule has 0 fully saturated rings. The third kappa shape index (κ3) is 4.58. The summed E-state index contributed by atoms with van der Waals surface area (Å²) in [6.45, 7) is 3.53. The summed E-state index contributed by atoms with van der Waals surface area (Å²) in [5.74, 6) is 1.99. The summed E-state index contributed by atoms with van der Waals surface area (Å²) in [7, 11) is 1.57. The normalized spacial score (nSPS) is 10.7. The predicted molar refractivity (Wildman–Crippen MR) is 105 cm³/mol. The smallest absolute Gasteiger partial charge is 0.257 e. The van der Waals surface area contributed by atoms with Crippen molar-refractivity contribution in [3.63, 3.8) is 0 Å². The molecule has 0 spiro atoms. The van der Waals surface area contributed by atoms with Gasteiger partial charge in [0, 0.05) is 19.5 Å². The van der Waals surface area contributed by atoms with Gasteiger partial charge in [0.25, 0.3) is 5.91 Å². The molecule has 1 N–H and O–H groups in total. The molecule has 3 aromatic rings. The Labute approximate surface area is 159 Å². The third-order valence-electron chi connectivity index (χ3n) is 4.28. The number of carbonyl (C=O) groups is 1. The number of aromatic nitrogens is 2. The molecule has 0 aliphatic rings. The Balaban J connectivity index is 1.54. The Morgan fingerprint density at radius 2 is 1.85 bits per heavy atom. The van der Waals surface area contributed by atoms with E-state index in [2.05, 4.69) is 22.9 Å². The SMILES string of the molecule is CCCn1c(CCNC(=O)COc2ccccc2OC)nc2ccccc21. The van der Waals surface area contributed by atoms with Crippen molar-refractivity contribution in [1.29, 1.82) is 0 Å². The molecule has 1 aromatic heterocycles. The number of ether oxygens (including phenoxy) is 2. The van der Waals surface area contributed by atoms with Gasteiger partial charge in [-0.25, -0.2) is 4.98 Å². The third-order valence-corrected chi connectivity index (χ3v) is 4.28. The molecule has 0 aliphatic heterocycles. The minimum atomic E-state index is -0.168. The van der Waals surface area contributed by atoms with Crippen molar-refractivity contribution in [2.45, 2.75) is 26.3 Å². The molecule has 0 bridgehead atoms. The van der Waals surface area contributed by atoms with Crippen LogP contribution in [0, 0.1) is 0 Å². The molecule has 142 valence electrons. The van der Waals surface area contributed by atoms with Crippen LogP contribution in [0.3, 0.4) is 0 Å². The zero-order valence-corrected chi connectivity index (χ0v) is 15.8. The van der Waals surface area contributed by atoms with E-state index in [1.54, 1.807) is 19.2 Å². The number of amides is 1. The van der Waals surface area contributed by atoms with Crippen molar-refractivity contribution >= 4 is 16.9 Å². The van der Waals surface area contributed by atoms with Gasteiger partial charge < -0.3 is 19.4 Å². The molecule has 0 saturated heterocycles. The summed E-state index contributed by atoms with van der Waals surface area (Å²) in [6, 6.07) is 15.4. The van der Waals surface area contributed by atoms with Crippen LogP contribution in [-0.4, -0.2) is 35.7 Å². The molecule has 3 rings (SSSR count). The van der Waals surface area contributed by atoms with Gasteiger partial charge in [-0.2, -0.15) is 0 Å². The molecule has 2 aromatic carbocycles. The fourth-order valence-electron chi connectivity index (χ4n) is 3.04. The Bertz CT molecular complexity index is 905. The van der Waals surface area contributed by atoms with Crippen molar-refractivity contribution in [1.82, 2.24) is 14.9 Å². The second-order valence-corrected chi connectivity index (χ2v) is 6.21. The van der Waals surface area contributed by atoms with E-state index >= 15 is 0 Å². The molecular formula is C21H25N3O3. The second-order valence-electron chi connectivity index (χ2n) is 6.21. The lowest BCUT2D eigenvalue weighted by Gasteiger charge is -2.11. The van der Waals surface area contributed by atoms with Gasteiger partial charge in [0.05, 0.1) is 18.1 Å². The van der Waals surface area contributed by atoms with E-state index in [1.165, 1.54) is 0 Å². The van der Waals surface area contributed by atoms with Gasteiger partial charge in [0.1, 0.15) is 5.82 Å². The molecule has 1 heterocycles. The van der Waals surface area contributed by atoms with Gasteiger partial charge in [-0.3, -0.25) is 4.79 Å². The van der Waals surface area contributed by atoms with Crippen molar-refractivity contribution in [2.75, 3.05) is 20.3 Å². The number of rotatable bonds is 9. The zero-order valence-electron chi connectivity index (χ0n) is 15.8.